The van der Waals surface area contributed by atoms with Crippen molar-refractivity contribution in [2.45, 2.75) is 45.3 Å². The molecule has 0 radical (unpaired) electrons. The Morgan fingerprint density at radius 3 is 2.68 bits per heavy atom. The number of hydrogen-bond acceptors (Lipinski definition) is 5. The zero-order chi connectivity index (χ0) is 22.0. The fourth-order valence-electron chi connectivity index (χ4n) is 4.18. The standard InChI is InChI=1S/C23H28N6O2/c1-3-4-14-28-19-20(25-22(28)27-13-8-11-18(24)16-27)26(2)23(31)29(21(19)30)15-12-17-9-6-5-7-10-17/h5-7,9-10,18H,8,11-16,24H2,1-2H3. The van der Waals surface area contributed by atoms with Crippen LogP contribution in [0.1, 0.15) is 25.3 Å². The summed E-state index contributed by atoms with van der Waals surface area (Å²) in [7, 11) is 1.66. The number of rotatable bonds is 5. The predicted octanol–water partition coefficient (Wildman–Crippen LogP) is 1.09. The number of piperidine rings is 1. The first-order valence-corrected chi connectivity index (χ1v) is 10.7. The Hall–Kier alpha value is -3.31. The van der Waals surface area contributed by atoms with E-state index in [-0.39, 0.29) is 17.3 Å². The lowest BCUT2D eigenvalue weighted by Gasteiger charge is -2.31. The van der Waals surface area contributed by atoms with Gasteiger partial charge in [0.15, 0.2) is 11.2 Å². The average molecular weight is 421 g/mol. The molecule has 0 aliphatic carbocycles. The maximum atomic E-state index is 13.5. The van der Waals surface area contributed by atoms with E-state index in [1.807, 2.05) is 34.9 Å². The highest BCUT2D eigenvalue weighted by Crippen LogP contribution is 2.22. The van der Waals surface area contributed by atoms with Crippen LogP contribution in [0.2, 0.25) is 0 Å². The van der Waals surface area contributed by atoms with E-state index in [1.54, 1.807) is 14.0 Å². The Morgan fingerprint density at radius 1 is 1.19 bits per heavy atom. The zero-order valence-corrected chi connectivity index (χ0v) is 18.0. The summed E-state index contributed by atoms with van der Waals surface area (Å²) < 4.78 is 4.61. The number of nitrogens with zero attached hydrogens (tertiary/aromatic N) is 5. The molecule has 0 saturated carbocycles. The van der Waals surface area contributed by atoms with Gasteiger partial charge in [-0.15, -0.1) is 5.92 Å². The Balaban J connectivity index is 1.85. The van der Waals surface area contributed by atoms with Crippen molar-refractivity contribution in [3.8, 4) is 11.8 Å². The van der Waals surface area contributed by atoms with Crippen LogP contribution in [0, 0.1) is 11.8 Å². The third-order valence-corrected chi connectivity index (χ3v) is 5.83. The lowest BCUT2D eigenvalue weighted by Crippen LogP contribution is -2.44. The van der Waals surface area contributed by atoms with Gasteiger partial charge in [-0.05, 0) is 31.7 Å². The molecule has 1 unspecified atom stereocenters. The van der Waals surface area contributed by atoms with Gasteiger partial charge in [-0.3, -0.25) is 18.5 Å². The smallest absolute Gasteiger partial charge is 0.332 e. The Kier molecular flexibility index (Phi) is 5.96. The molecule has 1 atom stereocenters. The largest absolute Gasteiger partial charge is 0.341 e. The van der Waals surface area contributed by atoms with Crippen LogP contribution in [-0.2, 0) is 26.6 Å². The quantitative estimate of drug-likeness (QED) is 0.624. The first-order valence-electron chi connectivity index (χ1n) is 10.7. The van der Waals surface area contributed by atoms with Gasteiger partial charge in [0, 0.05) is 32.7 Å². The minimum Gasteiger partial charge on any atom is -0.341 e. The number of fused-ring (bicyclic) bond motifs is 1. The summed E-state index contributed by atoms with van der Waals surface area (Å²) in [6, 6.07) is 9.90. The van der Waals surface area contributed by atoms with Gasteiger partial charge in [-0.25, -0.2) is 4.79 Å². The molecule has 1 saturated heterocycles. The third kappa shape index (κ3) is 4.01. The van der Waals surface area contributed by atoms with E-state index >= 15 is 0 Å². The molecule has 0 spiro atoms. The average Bonchev–Trinajstić information content (AvgIpc) is 3.16. The van der Waals surface area contributed by atoms with Gasteiger partial charge in [0.25, 0.3) is 5.56 Å². The van der Waals surface area contributed by atoms with E-state index in [9.17, 15) is 9.59 Å². The molecule has 0 bridgehead atoms. The monoisotopic (exact) mass is 420 g/mol. The van der Waals surface area contributed by atoms with Gasteiger partial charge in [0.1, 0.15) is 0 Å². The fraction of sp³-hybridized carbons (Fsp3) is 0.435. The Morgan fingerprint density at radius 2 is 1.97 bits per heavy atom. The molecule has 1 fully saturated rings. The number of hydrogen-bond donors (Lipinski definition) is 1. The zero-order valence-electron chi connectivity index (χ0n) is 18.0. The van der Waals surface area contributed by atoms with Gasteiger partial charge in [-0.2, -0.15) is 4.98 Å². The topological polar surface area (TPSA) is 91.1 Å². The second kappa shape index (κ2) is 8.82. The molecule has 1 aliphatic rings. The minimum absolute atomic E-state index is 0.0608. The van der Waals surface area contributed by atoms with E-state index in [4.69, 9.17) is 10.7 Å². The first-order chi connectivity index (χ1) is 15.0. The van der Waals surface area contributed by atoms with Crippen molar-refractivity contribution in [2.75, 3.05) is 18.0 Å². The van der Waals surface area contributed by atoms with Crippen LogP contribution < -0.4 is 21.9 Å². The van der Waals surface area contributed by atoms with Crippen LogP contribution in [-0.4, -0.2) is 37.8 Å². The summed E-state index contributed by atoms with van der Waals surface area (Å²) in [5, 5.41) is 0. The minimum atomic E-state index is -0.360. The summed E-state index contributed by atoms with van der Waals surface area (Å²) in [5.41, 5.74) is 7.37. The second-order valence-corrected chi connectivity index (χ2v) is 7.98. The Labute approximate surface area is 180 Å². The van der Waals surface area contributed by atoms with E-state index in [2.05, 4.69) is 16.7 Å². The van der Waals surface area contributed by atoms with E-state index in [0.29, 0.717) is 43.2 Å². The SMILES string of the molecule is CC#CCn1c(N2CCCC(N)C2)nc2c1c(=O)n(CCc1ccccc1)c(=O)n2C. The molecular formula is C23H28N6O2. The predicted molar refractivity (Wildman–Crippen MR) is 122 cm³/mol. The van der Waals surface area contributed by atoms with E-state index < -0.39 is 0 Å². The lowest BCUT2D eigenvalue weighted by atomic mass is 10.1. The highest BCUT2D eigenvalue weighted by atomic mass is 16.2. The van der Waals surface area contributed by atoms with Gasteiger partial charge in [-0.1, -0.05) is 36.3 Å². The number of nitrogens with two attached hydrogens (primary N) is 1. The van der Waals surface area contributed by atoms with Gasteiger partial charge in [0.2, 0.25) is 5.95 Å². The number of aryl methyl sites for hydroxylation is 2. The number of benzene rings is 1. The molecule has 0 amide bonds. The maximum absolute atomic E-state index is 13.5. The first kappa shape index (κ1) is 20.9. The van der Waals surface area contributed by atoms with Crippen molar-refractivity contribution in [3.63, 3.8) is 0 Å². The molecule has 8 heteroatoms. The van der Waals surface area contributed by atoms with Gasteiger partial charge in [0.05, 0.1) is 6.54 Å². The number of aromatic nitrogens is 4. The summed E-state index contributed by atoms with van der Waals surface area (Å²) in [6.07, 6.45) is 2.53. The van der Waals surface area contributed by atoms with Crippen molar-refractivity contribution in [1.82, 2.24) is 18.7 Å². The van der Waals surface area contributed by atoms with Crippen molar-refractivity contribution < 1.29 is 0 Å². The molecule has 3 aromatic rings. The van der Waals surface area contributed by atoms with Crippen molar-refractivity contribution in [3.05, 3.63) is 56.7 Å². The molecule has 2 N–H and O–H groups in total. The summed E-state index contributed by atoms with van der Waals surface area (Å²) in [4.78, 5) is 33.3. The van der Waals surface area contributed by atoms with Crippen molar-refractivity contribution >= 4 is 17.1 Å². The molecule has 1 aliphatic heterocycles. The molecule has 1 aromatic carbocycles. The van der Waals surface area contributed by atoms with Crippen LogP contribution in [0.5, 0.6) is 0 Å². The highest BCUT2D eigenvalue weighted by molar-refractivity contribution is 5.75. The fourth-order valence-corrected chi connectivity index (χ4v) is 4.18. The molecular weight excluding hydrogens is 392 g/mol. The molecule has 4 rings (SSSR count). The summed E-state index contributed by atoms with van der Waals surface area (Å²) in [5.74, 6) is 6.60. The van der Waals surface area contributed by atoms with Crippen LogP contribution in [0.15, 0.2) is 39.9 Å². The lowest BCUT2D eigenvalue weighted by molar-refractivity contribution is 0.496. The molecule has 31 heavy (non-hydrogen) atoms. The number of imidazole rings is 1. The second-order valence-electron chi connectivity index (χ2n) is 7.98. The van der Waals surface area contributed by atoms with Crippen LogP contribution >= 0.6 is 0 Å². The molecule has 162 valence electrons. The molecule has 8 nitrogen and oxygen atoms in total. The summed E-state index contributed by atoms with van der Waals surface area (Å²) >= 11 is 0. The van der Waals surface area contributed by atoms with Crippen LogP contribution in [0.4, 0.5) is 5.95 Å². The molecule has 2 aromatic heterocycles. The van der Waals surface area contributed by atoms with Crippen LogP contribution in [0.25, 0.3) is 11.2 Å². The molecule has 3 heterocycles. The van der Waals surface area contributed by atoms with E-state index in [0.717, 1.165) is 24.9 Å². The van der Waals surface area contributed by atoms with Crippen molar-refractivity contribution in [2.24, 2.45) is 12.8 Å². The maximum Gasteiger partial charge on any atom is 0.332 e. The number of anilines is 1. The third-order valence-electron chi connectivity index (χ3n) is 5.83. The van der Waals surface area contributed by atoms with Crippen LogP contribution in [0.3, 0.4) is 0 Å². The highest BCUT2D eigenvalue weighted by Gasteiger charge is 2.26. The summed E-state index contributed by atoms with van der Waals surface area (Å²) in [6.45, 7) is 3.88. The Bertz CT molecular complexity index is 1260. The van der Waals surface area contributed by atoms with Crippen molar-refractivity contribution in [1.29, 1.82) is 0 Å². The normalized spacial score (nSPS) is 16.4. The van der Waals surface area contributed by atoms with E-state index in [1.165, 1.54) is 9.13 Å². The van der Waals surface area contributed by atoms with Gasteiger partial charge >= 0.3 is 5.69 Å². The van der Waals surface area contributed by atoms with Gasteiger partial charge < -0.3 is 10.6 Å².